The van der Waals surface area contributed by atoms with Gasteiger partial charge in [-0.25, -0.2) is 4.98 Å². The molecule has 0 radical (unpaired) electrons. The van der Waals surface area contributed by atoms with E-state index < -0.39 is 0 Å². The predicted octanol–water partition coefficient (Wildman–Crippen LogP) is 1.74. The molecule has 1 heterocycles. The van der Waals surface area contributed by atoms with E-state index in [2.05, 4.69) is 48.1 Å². The lowest BCUT2D eigenvalue weighted by molar-refractivity contribution is 0.210. The molecule has 0 aliphatic rings. The molecule has 0 fully saturated rings. The van der Waals surface area contributed by atoms with Gasteiger partial charge in [0.2, 0.25) is 0 Å². The molecule has 0 atom stereocenters. The highest BCUT2D eigenvalue weighted by Crippen LogP contribution is 2.13. The topological polar surface area (TPSA) is 45.4 Å². The van der Waals surface area contributed by atoms with E-state index >= 15 is 0 Å². The number of rotatable bonds is 7. The molecular formula is C12H24N4S. The zero-order valence-electron chi connectivity index (χ0n) is 11.3. The van der Waals surface area contributed by atoms with Crippen LogP contribution in [0, 0.1) is 5.92 Å². The summed E-state index contributed by atoms with van der Waals surface area (Å²) in [5.41, 5.74) is 6.75. The number of nitrogens with zero attached hydrogens (tertiary/aromatic N) is 3. The first-order valence-corrected chi connectivity index (χ1v) is 6.92. The van der Waals surface area contributed by atoms with Crippen LogP contribution in [0.5, 0.6) is 0 Å². The molecule has 17 heavy (non-hydrogen) atoms. The van der Waals surface area contributed by atoms with Crippen molar-refractivity contribution in [2.45, 2.75) is 20.4 Å². The number of nitrogen functional groups attached to an aromatic ring is 1. The molecule has 0 saturated carbocycles. The highest BCUT2D eigenvalue weighted by Gasteiger charge is 2.10. The van der Waals surface area contributed by atoms with Gasteiger partial charge in [0.25, 0.3) is 0 Å². The number of hydrogen-bond acceptors (Lipinski definition) is 5. The van der Waals surface area contributed by atoms with E-state index in [1.54, 1.807) is 0 Å². The first-order valence-electron chi connectivity index (χ1n) is 6.04. The van der Waals surface area contributed by atoms with Gasteiger partial charge in [-0.15, -0.1) is 11.3 Å². The summed E-state index contributed by atoms with van der Waals surface area (Å²) in [6.45, 7) is 8.65. The van der Waals surface area contributed by atoms with Crippen LogP contribution in [0.25, 0.3) is 0 Å². The summed E-state index contributed by atoms with van der Waals surface area (Å²) in [5.74, 6) is 0.674. The Hall–Kier alpha value is -0.650. The van der Waals surface area contributed by atoms with Crippen LogP contribution >= 0.6 is 11.3 Å². The summed E-state index contributed by atoms with van der Waals surface area (Å²) in [4.78, 5) is 8.98. The minimum Gasteiger partial charge on any atom is -0.375 e. The Bertz CT molecular complexity index is 322. The fraction of sp³-hybridized carbons (Fsp3) is 0.750. The smallest absolute Gasteiger partial charge is 0.180 e. The van der Waals surface area contributed by atoms with E-state index in [1.807, 2.05) is 0 Å². The Labute approximate surface area is 108 Å². The summed E-state index contributed by atoms with van der Waals surface area (Å²) in [5, 5.41) is 2.72. The number of hydrogen-bond donors (Lipinski definition) is 1. The van der Waals surface area contributed by atoms with Gasteiger partial charge in [0.1, 0.15) is 0 Å². The molecule has 2 N–H and O–H groups in total. The zero-order valence-corrected chi connectivity index (χ0v) is 12.1. The minimum absolute atomic E-state index is 0.664. The minimum atomic E-state index is 0.664. The van der Waals surface area contributed by atoms with Crippen LogP contribution in [0.3, 0.4) is 0 Å². The number of thiazole rings is 1. The molecule has 4 nitrogen and oxygen atoms in total. The van der Waals surface area contributed by atoms with Crippen LogP contribution in [0.15, 0.2) is 5.38 Å². The zero-order chi connectivity index (χ0) is 12.8. The molecule has 0 saturated heterocycles. The summed E-state index contributed by atoms with van der Waals surface area (Å²) in [6, 6.07) is 0. The number of nitrogens with two attached hydrogens (primary N) is 1. The van der Waals surface area contributed by atoms with Crippen LogP contribution in [0.1, 0.15) is 19.5 Å². The maximum atomic E-state index is 5.66. The molecule has 0 unspecified atom stereocenters. The second kappa shape index (κ2) is 6.93. The van der Waals surface area contributed by atoms with Gasteiger partial charge in [-0.1, -0.05) is 13.8 Å². The van der Waals surface area contributed by atoms with Crippen LogP contribution in [0.2, 0.25) is 0 Å². The first-order chi connectivity index (χ1) is 7.97. The summed E-state index contributed by atoms with van der Waals surface area (Å²) in [7, 11) is 4.21. The summed E-state index contributed by atoms with van der Waals surface area (Å²) < 4.78 is 0. The predicted molar refractivity (Wildman–Crippen MR) is 75.2 cm³/mol. The SMILES string of the molecule is CC(C)CN(CCN(C)C)Cc1csc(N)n1. The molecule has 0 amide bonds. The fourth-order valence-corrected chi connectivity index (χ4v) is 2.27. The van der Waals surface area contributed by atoms with E-state index in [9.17, 15) is 0 Å². The van der Waals surface area contributed by atoms with E-state index in [4.69, 9.17) is 5.73 Å². The molecule has 0 bridgehead atoms. The van der Waals surface area contributed by atoms with E-state index in [1.165, 1.54) is 11.3 Å². The van der Waals surface area contributed by atoms with E-state index in [-0.39, 0.29) is 0 Å². The molecule has 1 rings (SSSR count). The second-order valence-corrected chi connectivity index (χ2v) is 6.00. The molecule has 0 aliphatic carbocycles. The Morgan fingerprint density at radius 2 is 2.06 bits per heavy atom. The lowest BCUT2D eigenvalue weighted by Gasteiger charge is -2.25. The van der Waals surface area contributed by atoms with Gasteiger partial charge in [-0.2, -0.15) is 0 Å². The van der Waals surface area contributed by atoms with Crippen molar-refractivity contribution >= 4 is 16.5 Å². The Kier molecular flexibility index (Phi) is 5.88. The molecular weight excluding hydrogens is 232 g/mol. The quantitative estimate of drug-likeness (QED) is 0.807. The maximum Gasteiger partial charge on any atom is 0.180 e. The lowest BCUT2D eigenvalue weighted by atomic mass is 10.2. The highest BCUT2D eigenvalue weighted by molar-refractivity contribution is 7.13. The number of anilines is 1. The third-order valence-corrected chi connectivity index (χ3v) is 3.16. The molecule has 0 spiro atoms. The highest BCUT2D eigenvalue weighted by atomic mass is 32.1. The van der Waals surface area contributed by atoms with Gasteiger partial charge in [-0.3, -0.25) is 4.90 Å². The van der Waals surface area contributed by atoms with E-state index in [0.717, 1.165) is 31.9 Å². The van der Waals surface area contributed by atoms with Crippen molar-refractivity contribution in [2.75, 3.05) is 39.5 Å². The van der Waals surface area contributed by atoms with Crippen molar-refractivity contribution in [1.82, 2.24) is 14.8 Å². The maximum absolute atomic E-state index is 5.66. The van der Waals surface area contributed by atoms with Crippen molar-refractivity contribution < 1.29 is 0 Å². The lowest BCUT2D eigenvalue weighted by Crippen LogP contribution is -2.34. The van der Waals surface area contributed by atoms with Crippen LogP contribution in [-0.4, -0.2) is 48.5 Å². The Morgan fingerprint density at radius 3 is 2.53 bits per heavy atom. The Balaban J connectivity index is 2.50. The third-order valence-electron chi connectivity index (χ3n) is 2.44. The Morgan fingerprint density at radius 1 is 1.35 bits per heavy atom. The van der Waals surface area contributed by atoms with Gasteiger partial charge < -0.3 is 10.6 Å². The molecule has 98 valence electrons. The first kappa shape index (κ1) is 14.4. The third kappa shape index (κ3) is 6.00. The summed E-state index contributed by atoms with van der Waals surface area (Å²) >= 11 is 1.52. The van der Waals surface area contributed by atoms with Crippen molar-refractivity contribution in [3.63, 3.8) is 0 Å². The van der Waals surface area contributed by atoms with Gasteiger partial charge in [-0.05, 0) is 20.0 Å². The fourth-order valence-electron chi connectivity index (χ4n) is 1.72. The van der Waals surface area contributed by atoms with Crippen LogP contribution in [-0.2, 0) is 6.54 Å². The molecule has 1 aromatic heterocycles. The molecule has 0 aromatic carbocycles. The second-order valence-electron chi connectivity index (χ2n) is 5.11. The molecule has 5 heteroatoms. The largest absolute Gasteiger partial charge is 0.375 e. The monoisotopic (exact) mass is 256 g/mol. The standard InChI is InChI=1S/C12H24N4S/c1-10(2)7-16(6-5-15(3)4)8-11-9-17-12(13)14-11/h9-10H,5-8H2,1-4H3,(H2,13,14). The summed E-state index contributed by atoms with van der Waals surface area (Å²) in [6.07, 6.45) is 0. The van der Waals surface area contributed by atoms with E-state index in [0.29, 0.717) is 11.0 Å². The van der Waals surface area contributed by atoms with Crippen molar-refractivity contribution in [3.05, 3.63) is 11.1 Å². The average molecular weight is 256 g/mol. The normalized spacial score (nSPS) is 11.9. The van der Waals surface area contributed by atoms with Crippen molar-refractivity contribution in [2.24, 2.45) is 5.92 Å². The van der Waals surface area contributed by atoms with Gasteiger partial charge in [0.05, 0.1) is 5.69 Å². The van der Waals surface area contributed by atoms with Gasteiger partial charge in [0, 0.05) is 31.6 Å². The number of likely N-dealkylation sites (N-methyl/N-ethyl adjacent to an activating group) is 1. The molecule has 1 aromatic rings. The van der Waals surface area contributed by atoms with Gasteiger partial charge in [0.15, 0.2) is 5.13 Å². The van der Waals surface area contributed by atoms with Gasteiger partial charge >= 0.3 is 0 Å². The van der Waals surface area contributed by atoms with Crippen LogP contribution < -0.4 is 5.73 Å². The van der Waals surface area contributed by atoms with Crippen molar-refractivity contribution in [1.29, 1.82) is 0 Å². The van der Waals surface area contributed by atoms with Crippen molar-refractivity contribution in [3.8, 4) is 0 Å². The van der Waals surface area contributed by atoms with Crippen LogP contribution in [0.4, 0.5) is 5.13 Å². The average Bonchev–Trinajstić information content (AvgIpc) is 2.59. The number of aromatic nitrogens is 1. The molecule has 0 aliphatic heterocycles.